The summed E-state index contributed by atoms with van der Waals surface area (Å²) in [5.74, 6) is 0. The summed E-state index contributed by atoms with van der Waals surface area (Å²) in [6, 6.07) is 0. The van der Waals surface area contributed by atoms with Crippen LogP contribution in [0.15, 0.2) is 16.7 Å². The van der Waals surface area contributed by atoms with E-state index in [4.69, 9.17) is 0 Å². The Morgan fingerprint density at radius 3 is 2.22 bits per heavy atom. The molecule has 3 atom stereocenters. The Balaban J connectivity index is 0.00000120. The van der Waals surface area contributed by atoms with Crippen LogP contribution in [0.3, 0.4) is 0 Å². The van der Waals surface area contributed by atoms with E-state index in [2.05, 4.69) is 40.7 Å². The van der Waals surface area contributed by atoms with Crippen molar-refractivity contribution in [3.05, 3.63) is 22.8 Å². The fourth-order valence-corrected chi connectivity index (χ4v) is 4.33. The number of hydrogen-bond donors (Lipinski definition) is 0. The molecular weight excluding hydrogens is 396 g/mol. The average Bonchev–Trinajstić information content (AvgIpc) is 2.80. The molecule has 0 aromatic heterocycles. The van der Waals surface area contributed by atoms with Crippen LogP contribution in [-0.2, 0) is 20.1 Å². The summed E-state index contributed by atoms with van der Waals surface area (Å²) in [5, 5.41) is 0. The standard InChI is InChI=1S/C17H25.Ir/c1-6-12-9-17(11-16(17,5)8-3)13-10-15(4,7-2)14(12)13;/h6-8,10-11H2,1-5H3;/q-1;. The minimum Gasteiger partial charge on any atom is -0.262 e. The van der Waals surface area contributed by atoms with Gasteiger partial charge in [-0.2, -0.15) is 11.1 Å². The SMILES string of the molecule is CCC1=[C-]C2(CC2(C)CC)C2=C1C(C)(CC)C2.[Ir]. The van der Waals surface area contributed by atoms with Gasteiger partial charge in [-0.1, -0.05) is 77.6 Å². The Bertz CT molecular complexity index is 445. The maximum Gasteiger partial charge on any atom is 0 e. The molecule has 0 aliphatic heterocycles. The first-order valence-electron chi connectivity index (χ1n) is 7.35. The normalized spacial score (nSPS) is 44.4. The fraction of sp³-hybridized carbons (Fsp3) is 0.765. The third-order valence-electron chi connectivity index (χ3n) is 6.13. The number of rotatable bonds is 3. The Kier molecular flexibility index (Phi) is 3.28. The molecule has 0 N–H and O–H groups in total. The molecule has 3 unspecified atom stereocenters. The molecule has 1 radical (unpaired) electrons. The Labute approximate surface area is 126 Å². The quantitative estimate of drug-likeness (QED) is 0.559. The van der Waals surface area contributed by atoms with Crippen molar-refractivity contribution in [2.24, 2.45) is 16.2 Å². The van der Waals surface area contributed by atoms with Gasteiger partial charge >= 0.3 is 0 Å². The summed E-state index contributed by atoms with van der Waals surface area (Å²) in [4.78, 5) is 0. The molecule has 1 saturated carbocycles. The van der Waals surface area contributed by atoms with Crippen molar-refractivity contribution in [3.63, 3.8) is 0 Å². The van der Waals surface area contributed by atoms with Crippen molar-refractivity contribution in [3.8, 4) is 0 Å². The molecule has 3 aliphatic carbocycles. The third kappa shape index (κ3) is 1.41. The minimum absolute atomic E-state index is 0. The maximum absolute atomic E-state index is 3.93. The van der Waals surface area contributed by atoms with E-state index < -0.39 is 0 Å². The van der Waals surface area contributed by atoms with Crippen LogP contribution in [0.2, 0.25) is 0 Å². The fourth-order valence-electron chi connectivity index (χ4n) is 4.33. The van der Waals surface area contributed by atoms with Crippen molar-refractivity contribution in [1.82, 2.24) is 0 Å². The second kappa shape index (κ2) is 4.06. The summed E-state index contributed by atoms with van der Waals surface area (Å²) in [6.45, 7) is 11.9. The second-order valence-electron chi connectivity index (χ2n) is 6.90. The molecule has 0 heterocycles. The van der Waals surface area contributed by atoms with Gasteiger partial charge in [-0.3, -0.25) is 6.08 Å². The van der Waals surface area contributed by atoms with Crippen molar-refractivity contribution >= 4 is 0 Å². The molecule has 0 saturated heterocycles. The van der Waals surface area contributed by atoms with Gasteiger partial charge in [0.2, 0.25) is 0 Å². The van der Waals surface area contributed by atoms with Gasteiger partial charge in [0.15, 0.2) is 0 Å². The Morgan fingerprint density at radius 2 is 1.78 bits per heavy atom. The van der Waals surface area contributed by atoms with Crippen LogP contribution in [0.4, 0.5) is 0 Å². The third-order valence-corrected chi connectivity index (χ3v) is 6.13. The minimum atomic E-state index is 0. The molecule has 3 rings (SSSR count). The zero-order valence-corrected chi connectivity index (χ0v) is 14.8. The second-order valence-corrected chi connectivity index (χ2v) is 6.90. The largest absolute Gasteiger partial charge is 0.262 e. The predicted molar refractivity (Wildman–Crippen MR) is 72.5 cm³/mol. The van der Waals surface area contributed by atoms with Gasteiger partial charge in [-0.25, -0.2) is 5.57 Å². The van der Waals surface area contributed by atoms with E-state index in [0.29, 0.717) is 16.2 Å². The first-order valence-corrected chi connectivity index (χ1v) is 7.35. The molecule has 3 aliphatic rings. The molecule has 0 bridgehead atoms. The van der Waals surface area contributed by atoms with Crippen LogP contribution in [0, 0.1) is 22.3 Å². The van der Waals surface area contributed by atoms with Crippen molar-refractivity contribution in [1.29, 1.82) is 0 Å². The topological polar surface area (TPSA) is 0 Å². The molecule has 1 heteroatoms. The summed E-state index contributed by atoms with van der Waals surface area (Å²) >= 11 is 0. The van der Waals surface area contributed by atoms with Crippen LogP contribution in [0.25, 0.3) is 0 Å². The van der Waals surface area contributed by atoms with Crippen molar-refractivity contribution in [2.75, 3.05) is 0 Å². The van der Waals surface area contributed by atoms with Crippen LogP contribution < -0.4 is 0 Å². The van der Waals surface area contributed by atoms with E-state index in [9.17, 15) is 0 Å². The van der Waals surface area contributed by atoms with Crippen LogP contribution >= 0.6 is 0 Å². The molecule has 1 spiro atoms. The zero-order valence-electron chi connectivity index (χ0n) is 12.4. The van der Waals surface area contributed by atoms with Crippen LogP contribution in [0.1, 0.15) is 66.7 Å². The van der Waals surface area contributed by atoms with Crippen LogP contribution in [0.5, 0.6) is 0 Å². The van der Waals surface area contributed by atoms with Gasteiger partial charge in [0, 0.05) is 20.1 Å². The van der Waals surface area contributed by atoms with Gasteiger partial charge in [0.25, 0.3) is 0 Å². The molecule has 103 valence electrons. The van der Waals surface area contributed by atoms with E-state index in [1.165, 1.54) is 32.1 Å². The van der Waals surface area contributed by atoms with E-state index in [-0.39, 0.29) is 20.1 Å². The summed E-state index contributed by atoms with van der Waals surface area (Å²) < 4.78 is 0. The van der Waals surface area contributed by atoms with Gasteiger partial charge in [-0.05, 0) is 5.41 Å². The zero-order chi connectivity index (χ0) is 12.5. The van der Waals surface area contributed by atoms with Crippen molar-refractivity contribution in [2.45, 2.75) is 66.7 Å². The predicted octanol–water partition coefficient (Wildman–Crippen LogP) is 5.06. The molecule has 1 fully saturated rings. The van der Waals surface area contributed by atoms with E-state index >= 15 is 0 Å². The van der Waals surface area contributed by atoms with Gasteiger partial charge in [-0.15, -0.1) is 0 Å². The number of fused-ring (bicyclic) bond motifs is 1. The van der Waals surface area contributed by atoms with Crippen molar-refractivity contribution < 1.29 is 20.1 Å². The molecule has 18 heavy (non-hydrogen) atoms. The van der Waals surface area contributed by atoms with Gasteiger partial charge in [0.1, 0.15) is 0 Å². The summed E-state index contributed by atoms with van der Waals surface area (Å²) in [5.41, 5.74) is 6.46. The van der Waals surface area contributed by atoms with Crippen LogP contribution in [-0.4, -0.2) is 0 Å². The van der Waals surface area contributed by atoms with Gasteiger partial charge < -0.3 is 0 Å². The molecular formula is C17H25Ir-. The first kappa shape index (κ1) is 14.5. The summed E-state index contributed by atoms with van der Waals surface area (Å²) in [6.07, 6.45) is 10.4. The summed E-state index contributed by atoms with van der Waals surface area (Å²) in [7, 11) is 0. The smallest absolute Gasteiger partial charge is 0 e. The molecule has 0 nitrogen and oxygen atoms in total. The monoisotopic (exact) mass is 422 g/mol. The first-order chi connectivity index (χ1) is 7.96. The Morgan fingerprint density at radius 1 is 1.11 bits per heavy atom. The van der Waals surface area contributed by atoms with Gasteiger partial charge in [0.05, 0.1) is 0 Å². The maximum atomic E-state index is 3.93. The number of hydrogen-bond acceptors (Lipinski definition) is 0. The molecule has 0 amide bonds. The Hall–Kier alpha value is 0.129. The number of allylic oxidation sites excluding steroid dienone is 4. The average molecular weight is 422 g/mol. The van der Waals surface area contributed by atoms with E-state index in [1.54, 1.807) is 16.7 Å². The molecule has 0 aromatic rings. The van der Waals surface area contributed by atoms with E-state index in [1.807, 2.05) is 0 Å². The molecule has 0 aromatic carbocycles. The van der Waals surface area contributed by atoms with E-state index in [0.717, 1.165) is 0 Å².